The fraction of sp³-hybridized carbons (Fsp3) is 0.350. The van der Waals surface area contributed by atoms with Gasteiger partial charge in [0, 0.05) is 38.5 Å². The molecule has 1 saturated heterocycles. The van der Waals surface area contributed by atoms with E-state index in [1.165, 1.54) is 0 Å². The van der Waals surface area contributed by atoms with E-state index in [0.29, 0.717) is 25.6 Å². The second kappa shape index (κ2) is 8.10. The Balaban J connectivity index is 1.84. The zero-order chi connectivity index (χ0) is 18.5. The van der Waals surface area contributed by atoms with Gasteiger partial charge in [-0.05, 0) is 18.6 Å². The minimum atomic E-state index is -0.282. The van der Waals surface area contributed by atoms with Crippen LogP contribution in [0.3, 0.4) is 0 Å². The summed E-state index contributed by atoms with van der Waals surface area (Å²) in [6, 6.07) is 11.4. The molecule has 6 heteroatoms. The molecule has 1 aliphatic heterocycles. The molecule has 3 rings (SSSR count). The molecule has 0 unspecified atom stereocenters. The number of hydrogen-bond acceptors (Lipinski definition) is 5. The molecule has 2 heterocycles. The Labute approximate surface area is 154 Å². The quantitative estimate of drug-likeness (QED) is 0.791. The first-order chi connectivity index (χ1) is 12.5. The highest BCUT2D eigenvalue weighted by Crippen LogP contribution is 2.24. The van der Waals surface area contributed by atoms with E-state index in [-0.39, 0.29) is 11.9 Å². The van der Waals surface area contributed by atoms with Gasteiger partial charge in [-0.25, -0.2) is 9.97 Å². The minimum absolute atomic E-state index is 0.0568. The number of carbonyl (C=O) groups excluding carboxylic acids is 1. The summed E-state index contributed by atoms with van der Waals surface area (Å²) >= 11 is 0. The third-order valence-corrected chi connectivity index (χ3v) is 4.24. The van der Waals surface area contributed by atoms with Crippen LogP contribution in [-0.4, -0.2) is 54.6 Å². The normalized spacial score (nSPS) is 17.5. The van der Waals surface area contributed by atoms with E-state index in [1.54, 1.807) is 11.0 Å². The van der Waals surface area contributed by atoms with Gasteiger partial charge in [-0.1, -0.05) is 30.3 Å². The van der Waals surface area contributed by atoms with Crippen LogP contribution in [0, 0.1) is 6.92 Å². The zero-order valence-corrected chi connectivity index (χ0v) is 15.4. The van der Waals surface area contributed by atoms with Crippen molar-refractivity contribution in [1.29, 1.82) is 0 Å². The molecule has 26 heavy (non-hydrogen) atoms. The number of anilines is 1. The van der Waals surface area contributed by atoms with Gasteiger partial charge in [0.1, 0.15) is 11.9 Å². The maximum atomic E-state index is 12.8. The lowest BCUT2D eigenvalue weighted by Gasteiger charge is -2.34. The molecule has 0 N–H and O–H groups in total. The van der Waals surface area contributed by atoms with E-state index < -0.39 is 0 Å². The second-order valence-electron chi connectivity index (χ2n) is 6.49. The summed E-state index contributed by atoms with van der Waals surface area (Å²) in [7, 11) is 3.88. The van der Waals surface area contributed by atoms with Gasteiger partial charge >= 0.3 is 0 Å². The molecule has 1 atom stereocenters. The Morgan fingerprint density at radius 2 is 2.04 bits per heavy atom. The van der Waals surface area contributed by atoms with Crippen LogP contribution in [0.4, 0.5) is 5.82 Å². The smallest absolute Gasteiger partial charge is 0.247 e. The molecule has 6 nitrogen and oxygen atoms in total. The standard InChI is InChI=1S/C20H24N4O2/c1-15-13-18(23(2)3)22-20(21-15)17-14-26-12-11-24(17)19(25)10-9-16-7-5-4-6-8-16/h4-10,13,17H,11-12,14H2,1-3H3/b10-9+/t17-/m0/s1. The fourth-order valence-electron chi connectivity index (χ4n) is 2.86. The Bertz CT molecular complexity index is 790. The summed E-state index contributed by atoms with van der Waals surface area (Å²) in [6.45, 7) is 3.38. The van der Waals surface area contributed by atoms with Crippen molar-refractivity contribution in [3.05, 3.63) is 59.6 Å². The molecule has 136 valence electrons. The maximum Gasteiger partial charge on any atom is 0.247 e. The van der Waals surface area contributed by atoms with Gasteiger partial charge in [0.15, 0.2) is 5.82 Å². The summed E-state index contributed by atoms with van der Waals surface area (Å²) in [5.41, 5.74) is 1.86. The van der Waals surface area contributed by atoms with Gasteiger partial charge in [-0.2, -0.15) is 0 Å². The Hall–Kier alpha value is -2.73. The van der Waals surface area contributed by atoms with Gasteiger partial charge in [-0.15, -0.1) is 0 Å². The molecular weight excluding hydrogens is 328 g/mol. The van der Waals surface area contributed by atoms with E-state index in [0.717, 1.165) is 17.1 Å². The molecular formula is C20H24N4O2. The summed E-state index contributed by atoms with van der Waals surface area (Å²) in [5.74, 6) is 1.39. The Morgan fingerprint density at radius 1 is 1.27 bits per heavy atom. The van der Waals surface area contributed by atoms with Crippen LogP contribution in [-0.2, 0) is 9.53 Å². The number of benzene rings is 1. The number of nitrogens with zero attached hydrogens (tertiary/aromatic N) is 4. The van der Waals surface area contributed by atoms with E-state index in [9.17, 15) is 4.79 Å². The molecule has 2 aromatic rings. The molecule has 1 fully saturated rings. The number of aryl methyl sites for hydroxylation is 1. The average Bonchev–Trinajstić information content (AvgIpc) is 2.66. The molecule has 0 radical (unpaired) electrons. The van der Waals surface area contributed by atoms with E-state index >= 15 is 0 Å². The van der Waals surface area contributed by atoms with Crippen molar-refractivity contribution >= 4 is 17.8 Å². The van der Waals surface area contributed by atoms with Crippen molar-refractivity contribution in [3.63, 3.8) is 0 Å². The van der Waals surface area contributed by atoms with Crippen LogP contribution >= 0.6 is 0 Å². The van der Waals surface area contributed by atoms with Crippen LogP contribution in [0.5, 0.6) is 0 Å². The third kappa shape index (κ3) is 4.26. The van der Waals surface area contributed by atoms with Gasteiger partial charge in [0.05, 0.1) is 13.2 Å². The number of carbonyl (C=O) groups is 1. The summed E-state index contributed by atoms with van der Waals surface area (Å²) in [6.07, 6.45) is 3.44. The summed E-state index contributed by atoms with van der Waals surface area (Å²) in [4.78, 5) is 25.7. The van der Waals surface area contributed by atoms with Crippen LogP contribution in [0.25, 0.3) is 6.08 Å². The highest BCUT2D eigenvalue weighted by atomic mass is 16.5. The third-order valence-electron chi connectivity index (χ3n) is 4.24. The lowest BCUT2D eigenvalue weighted by Crippen LogP contribution is -2.43. The van der Waals surface area contributed by atoms with E-state index in [1.807, 2.05) is 68.4 Å². The number of aromatic nitrogens is 2. The number of ether oxygens (including phenoxy) is 1. The van der Waals surface area contributed by atoms with Gasteiger partial charge < -0.3 is 14.5 Å². The van der Waals surface area contributed by atoms with Crippen molar-refractivity contribution in [2.24, 2.45) is 0 Å². The maximum absolute atomic E-state index is 12.8. The molecule has 1 aromatic heterocycles. The number of morpholine rings is 1. The lowest BCUT2D eigenvalue weighted by atomic mass is 10.1. The summed E-state index contributed by atoms with van der Waals surface area (Å²) in [5, 5.41) is 0. The lowest BCUT2D eigenvalue weighted by molar-refractivity contribution is -0.135. The number of hydrogen-bond donors (Lipinski definition) is 0. The fourth-order valence-corrected chi connectivity index (χ4v) is 2.86. The Morgan fingerprint density at radius 3 is 2.77 bits per heavy atom. The predicted molar refractivity (Wildman–Crippen MR) is 102 cm³/mol. The van der Waals surface area contributed by atoms with Crippen LogP contribution in [0.1, 0.15) is 23.1 Å². The van der Waals surface area contributed by atoms with Gasteiger partial charge in [0.2, 0.25) is 5.91 Å². The largest absolute Gasteiger partial charge is 0.377 e. The highest BCUT2D eigenvalue weighted by molar-refractivity contribution is 5.92. The van der Waals surface area contributed by atoms with Crippen molar-refractivity contribution < 1.29 is 9.53 Å². The first kappa shape index (κ1) is 18.1. The van der Waals surface area contributed by atoms with Crippen LogP contribution in [0.2, 0.25) is 0 Å². The van der Waals surface area contributed by atoms with Gasteiger partial charge in [-0.3, -0.25) is 4.79 Å². The van der Waals surface area contributed by atoms with Crippen LogP contribution < -0.4 is 4.90 Å². The average molecular weight is 352 g/mol. The van der Waals surface area contributed by atoms with Gasteiger partial charge in [0.25, 0.3) is 0 Å². The van der Waals surface area contributed by atoms with Crippen molar-refractivity contribution in [2.75, 3.05) is 38.8 Å². The highest BCUT2D eigenvalue weighted by Gasteiger charge is 2.30. The Kier molecular flexibility index (Phi) is 5.63. The zero-order valence-electron chi connectivity index (χ0n) is 15.4. The first-order valence-corrected chi connectivity index (χ1v) is 8.69. The number of amides is 1. The monoisotopic (exact) mass is 352 g/mol. The first-order valence-electron chi connectivity index (χ1n) is 8.69. The van der Waals surface area contributed by atoms with Crippen molar-refractivity contribution in [1.82, 2.24) is 14.9 Å². The second-order valence-corrected chi connectivity index (χ2v) is 6.49. The molecule has 1 aromatic carbocycles. The SMILES string of the molecule is Cc1cc(N(C)C)nc([C@@H]2COCCN2C(=O)/C=C/c2ccccc2)n1. The summed E-state index contributed by atoms with van der Waals surface area (Å²) < 4.78 is 5.61. The molecule has 1 amide bonds. The topological polar surface area (TPSA) is 58.6 Å². The molecule has 0 aliphatic carbocycles. The van der Waals surface area contributed by atoms with Crippen LogP contribution in [0.15, 0.2) is 42.5 Å². The van der Waals surface area contributed by atoms with E-state index in [4.69, 9.17) is 4.74 Å². The minimum Gasteiger partial charge on any atom is -0.377 e. The molecule has 1 aliphatic rings. The number of rotatable bonds is 4. The predicted octanol–water partition coefficient (Wildman–Crippen LogP) is 2.46. The molecule has 0 bridgehead atoms. The molecule has 0 spiro atoms. The van der Waals surface area contributed by atoms with Crippen molar-refractivity contribution in [3.8, 4) is 0 Å². The molecule has 0 saturated carbocycles. The van der Waals surface area contributed by atoms with Crippen molar-refractivity contribution in [2.45, 2.75) is 13.0 Å². The van der Waals surface area contributed by atoms with E-state index in [2.05, 4.69) is 9.97 Å².